The van der Waals surface area contributed by atoms with Crippen LogP contribution in [0.2, 0.25) is 5.02 Å². The maximum absolute atomic E-state index is 14.2. The lowest BCUT2D eigenvalue weighted by molar-refractivity contribution is -0.139. The van der Waals surface area contributed by atoms with Crippen molar-refractivity contribution in [2.75, 3.05) is 26.0 Å². The van der Waals surface area contributed by atoms with Gasteiger partial charge >= 0.3 is 12.1 Å². The Labute approximate surface area is 259 Å². The fourth-order valence-corrected chi connectivity index (χ4v) is 7.27. The van der Waals surface area contributed by atoms with Crippen LogP contribution in [0.15, 0.2) is 46.0 Å². The highest BCUT2D eigenvalue weighted by molar-refractivity contribution is 7.88. The highest BCUT2D eigenvalue weighted by atomic mass is 35.5. The van der Waals surface area contributed by atoms with Gasteiger partial charge in [0.1, 0.15) is 17.5 Å². The van der Waals surface area contributed by atoms with Gasteiger partial charge in [0.2, 0.25) is 10.0 Å². The van der Waals surface area contributed by atoms with Crippen molar-refractivity contribution in [1.29, 1.82) is 0 Å². The second-order valence-corrected chi connectivity index (χ2v) is 14.4. The van der Waals surface area contributed by atoms with Crippen molar-refractivity contribution in [3.8, 4) is 0 Å². The lowest BCUT2D eigenvalue weighted by Crippen LogP contribution is -2.50. The Kier molecular flexibility index (Phi) is 9.96. The SMILES string of the molecule is CCOC(=O)C1=C([C@@H]2CCN(S(C)(=O)=O)[C@@H](CO)C2)N=C(c2nccs2)N(C(=O)OC(C)(C)C)C1c1ccc(F)cc1Cl. The molecule has 15 heteroatoms. The summed E-state index contributed by atoms with van der Waals surface area (Å²) in [5.41, 5.74) is -0.523. The van der Waals surface area contributed by atoms with Crippen LogP contribution < -0.4 is 0 Å². The van der Waals surface area contributed by atoms with Crippen LogP contribution in [-0.2, 0) is 24.3 Å². The fraction of sp³-hybridized carbons (Fsp3) is 0.500. The number of halogens is 2. The number of aliphatic hydroxyl groups is 1. The van der Waals surface area contributed by atoms with E-state index < -0.39 is 58.1 Å². The van der Waals surface area contributed by atoms with E-state index in [0.717, 1.165) is 18.4 Å². The minimum atomic E-state index is -3.63. The molecule has 1 N–H and O–H groups in total. The average molecular weight is 657 g/mol. The van der Waals surface area contributed by atoms with Gasteiger partial charge < -0.3 is 14.6 Å². The molecule has 2 aromatic rings. The molecule has 0 radical (unpaired) electrons. The Bertz CT molecular complexity index is 1540. The number of nitrogens with zero attached hydrogens (tertiary/aromatic N) is 4. The zero-order valence-corrected chi connectivity index (χ0v) is 26.8. The van der Waals surface area contributed by atoms with Crippen LogP contribution in [0.5, 0.6) is 0 Å². The molecule has 0 saturated carbocycles. The molecular weight excluding hydrogens is 623 g/mol. The number of piperidine rings is 1. The van der Waals surface area contributed by atoms with E-state index in [-0.39, 0.29) is 53.7 Å². The number of ether oxygens (including phenoxy) is 2. The first kappa shape index (κ1) is 33.0. The van der Waals surface area contributed by atoms with Crippen LogP contribution in [0.4, 0.5) is 9.18 Å². The number of aliphatic imine (C=N–C) groups is 1. The van der Waals surface area contributed by atoms with E-state index in [1.807, 2.05) is 0 Å². The summed E-state index contributed by atoms with van der Waals surface area (Å²) in [7, 11) is -3.63. The van der Waals surface area contributed by atoms with Crippen LogP contribution in [0.1, 0.15) is 57.1 Å². The predicted octanol–water partition coefficient (Wildman–Crippen LogP) is 4.52. The Balaban J connectivity index is 2.02. The van der Waals surface area contributed by atoms with Gasteiger partial charge in [-0.15, -0.1) is 11.3 Å². The van der Waals surface area contributed by atoms with Crippen LogP contribution in [0.3, 0.4) is 0 Å². The van der Waals surface area contributed by atoms with Crippen LogP contribution >= 0.6 is 22.9 Å². The molecule has 11 nitrogen and oxygen atoms in total. The Morgan fingerprint density at radius 3 is 2.56 bits per heavy atom. The summed E-state index contributed by atoms with van der Waals surface area (Å²) < 4.78 is 51.6. The minimum Gasteiger partial charge on any atom is -0.463 e. The Morgan fingerprint density at radius 2 is 2.00 bits per heavy atom. The number of carbonyl (C=O) groups is 2. The van der Waals surface area contributed by atoms with Crippen molar-refractivity contribution in [2.24, 2.45) is 10.9 Å². The molecule has 1 fully saturated rings. The highest BCUT2D eigenvalue weighted by Gasteiger charge is 2.47. The van der Waals surface area contributed by atoms with E-state index in [0.29, 0.717) is 5.01 Å². The molecule has 3 heterocycles. The Morgan fingerprint density at radius 1 is 1.28 bits per heavy atom. The lowest BCUT2D eigenvalue weighted by atomic mass is 9.83. The van der Waals surface area contributed by atoms with Crippen LogP contribution in [0, 0.1) is 11.7 Å². The summed E-state index contributed by atoms with van der Waals surface area (Å²) >= 11 is 7.78. The highest BCUT2D eigenvalue weighted by Crippen LogP contribution is 2.45. The molecule has 43 heavy (non-hydrogen) atoms. The fourth-order valence-electron chi connectivity index (χ4n) is 5.24. The maximum Gasteiger partial charge on any atom is 0.416 e. The monoisotopic (exact) mass is 656 g/mol. The molecule has 4 rings (SSSR count). The number of hydrogen-bond donors (Lipinski definition) is 1. The number of aliphatic hydroxyl groups excluding tert-OH is 1. The van der Waals surface area contributed by atoms with Gasteiger partial charge in [0.05, 0.1) is 30.7 Å². The zero-order chi connectivity index (χ0) is 31.7. The zero-order valence-electron chi connectivity index (χ0n) is 24.4. The van der Waals surface area contributed by atoms with Gasteiger partial charge in [0, 0.05) is 35.1 Å². The number of carbonyl (C=O) groups excluding carboxylic acids is 2. The molecule has 2 aliphatic heterocycles. The molecule has 1 aromatic carbocycles. The van der Waals surface area contributed by atoms with Crippen molar-refractivity contribution < 1.29 is 37.0 Å². The van der Waals surface area contributed by atoms with Gasteiger partial charge in [-0.05, 0) is 58.2 Å². The number of benzene rings is 1. The summed E-state index contributed by atoms with van der Waals surface area (Å²) in [4.78, 5) is 38.2. The molecule has 2 aliphatic rings. The normalized spacial score (nSPS) is 21.9. The van der Waals surface area contributed by atoms with E-state index >= 15 is 0 Å². The molecule has 1 amide bonds. The van der Waals surface area contributed by atoms with E-state index in [4.69, 9.17) is 26.1 Å². The van der Waals surface area contributed by atoms with E-state index in [1.54, 1.807) is 33.1 Å². The van der Waals surface area contributed by atoms with E-state index in [1.165, 1.54) is 32.8 Å². The lowest BCUT2D eigenvalue weighted by Gasteiger charge is -2.41. The summed E-state index contributed by atoms with van der Waals surface area (Å²) in [6.45, 7) is 6.30. The summed E-state index contributed by atoms with van der Waals surface area (Å²) in [6, 6.07) is 1.57. The summed E-state index contributed by atoms with van der Waals surface area (Å²) in [5.74, 6) is -1.87. The molecule has 1 aromatic heterocycles. The maximum atomic E-state index is 14.2. The van der Waals surface area contributed by atoms with Gasteiger partial charge in [-0.3, -0.25) is 0 Å². The van der Waals surface area contributed by atoms with Gasteiger partial charge in [0.25, 0.3) is 0 Å². The molecular formula is C28H34ClFN4O7S2. The molecule has 1 unspecified atom stereocenters. The average Bonchev–Trinajstić information content (AvgIpc) is 3.45. The molecule has 3 atom stereocenters. The molecule has 0 bridgehead atoms. The van der Waals surface area contributed by atoms with Gasteiger partial charge in [0.15, 0.2) is 10.8 Å². The first-order chi connectivity index (χ1) is 20.2. The number of allylic oxidation sites excluding steroid dienone is 1. The number of hydrogen-bond acceptors (Lipinski definition) is 10. The Hall–Kier alpha value is -2.91. The van der Waals surface area contributed by atoms with Gasteiger partial charge in [-0.2, -0.15) is 4.31 Å². The number of rotatable bonds is 7. The predicted molar refractivity (Wildman–Crippen MR) is 160 cm³/mol. The molecule has 0 spiro atoms. The second kappa shape index (κ2) is 13.0. The standard InChI is InChI=1S/C28H34ClFN4O7S2/c1-6-40-26(36)21-22(16-9-11-33(43(5,38)39)18(13-16)15-35)32-24(25-31-10-12-42-25)34(27(37)41-28(2,3)4)23(21)19-8-7-17(30)14-20(19)29/h7-8,10,12,14,16,18,23,35H,6,9,11,13,15H2,1-5H3/t16-,18-,23?/m1/s1. The topological polar surface area (TPSA) is 139 Å². The van der Waals surface area contributed by atoms with Crippen molar-refractivity contribution in [3.05, 3.63) is 62.5 Å². The van der Waals surface area contributed by atoms with E-state index in [9.17, 15) is 27.5 Å². The second-order valence-electron chi connectivity index (χ2n) is 11.1. The number of aromatic nitrogens is 1. The number of esters is 1. The van der Waals surface area contributed by atoms with Crippen molar-refractivity contribution in [3.63, 3.8) is 0 Å². The molecule has 1 saturated heterocycles. The largest absolute Gasteiger partial charge is 0.463 e. The van der Waals surface area contributed by atoms with Gasteiger partial charge in [-0.25, -0.2) is 37.3 Å². The van der Waals surface area contributed by atoms with E-state index in [2.05, 4.69) is 4.98 Å². The van der Waals surface area contributed by atoms with Crippen LogP contribution in [-0.4, -0.2) is 83.3 Å². The summed E-state index contributed by atoms with van der Waals surface area (Å²) in [5, 5.41) is 12.1. The van der Waals surface area contributed by atoms with Gasteiger partial charge in [-0.1, -0.05) is 17.7 Å². The third kappa shape index (κ3) is 7.26. The van der Waals surface area contributed by atoms with Crippen molar-refractivity contribution in [2.45, 2.75) is 58.2 Å². The quantitative estimate of drug-likeness (QED) is 0.429. The minimum absolute atomic E-state index is 0.000754. The summed E-state index contributed by atoms with van der Waals surface area (Å²) in [6.07, 6.45) is 2.14. The molecule has 234 valence electrons. The number of amides is 1. The number of sulfonamides is 1. The smallest absolute Gasteiger partial charge is 0.416 e. The first-order valence-corrected chi connectivity index (χ1v) is 16.7. The van der Waals surface area contributed by atoms with Crippen molar-refractivity contribution in [1.82, 2.24) is 14.2 Å². The third-order valence-electron chi connectivity index (χ3n) is 6.91. The number of amidine groups is 1. The van der Waals surface area contributed by atoms with Crippen LogP contribution in [0.25, 0.3) is 0 Å². The number of thiazole rings is 1. The third-order valence-corrected chi connectivity index (χ3v) is 9.34. The van der Waals surface area contributed by atoms with Crippen molar-refractivity contribution >= 4 is 50.9 Å². The molecule has 0 aliphatic carbocycles. The first-order valence-electron chi connectivity index (χ1n) is 13.6.